The molecule has 440 valence electrons. The number of hydrogen-bond donors (Lipinski definition) is 1. The van der Waals surface area contributed by atoms with Gasteiger partial charge in [-0.25, -0.2) is 19.9 Å². The first-order chi connectivity index (χ1) is 43.4. The third-order valence-corrected chi connectivity index (χ3v) is 14.4. The van der Waals surface area contributed by atoms with E-state index >= 15 is 0 Å². The Kier molecular flexibility index (Phi) is 22.0. The van der Waals surface area contributed by atoms with E-state index < -0.39 is 17.9 Å². The van der Waals surface area contributed by atoms with Crippen LogP contribution < -0.4 is 9.47 Å². The van der Waals surface area contributed by atoms with Gasteiger partial charge in [-0.3, -0.25) is 13.9 Å². The van der Waals surface area contributed by atoms with Gasteiger partial charge in [0.2, 0.25) is 0 Å². The molecule has 0 spiro atoms. The summed E-state index contributed by atoms with van der Waals surface area (Å²) in [6.45, 7) is 1.08. The van der Waals surface area contributed by atoms with E-state index in [9.17, 15) is 0 Å². The third kappa shape index (κ3) is 14.5. The number of para-hydroxylation sites is 4. The van der Waals surface area contributed by atoms with Crippen LogP contribution in [0.1, 0.15) is 6.92 Å². The molecule has 16 aromatic rings. The van der Waals surface area contributed by atoms with Gasteiger partial charge in [-0.05, 0) is 108 Å². The molecule has 1 N–H and O–H groups in total. The number of aromatic nitrogens is 8. The van der Waals surface area contributed by atoms with E-state index in [0.29, 0.717) is 11.5 Å². The predicted octanol–water partition coefficient (Wildman–Crippen LogP) is 18.6. The molecule has 0 atom stereocenters. The number of carbonyl (C=O) groups is 1. The van der Waals surface area contributed by atoms with Crippen LogP contribution in [0, 0.1) is 12.1 Å². The van der Waals surface area contributed by atoms with Crippen LogP contribution in [0.25, 0.3) is 110 Å². The van der Waals surface area contributed by atoms with Crippen LogP contribution in [0.4, 0.5) is 0 Å². The van der Waals surface area contributed by atoms with E-state index in [1.807, 2.05) is 122 Å². The first-order valence-corrected chi connectivity index (χ1v) is 55.4. The average Bonchev–Trinajstić information content (AvgIpc) is 1.73. The fourth-order valence-electron chi connectivity index (χ4n) is 11.1. The maximum atomic E-state index is 9.00. The second-order valence-corrected chi connectivity index (χ2v) is 39.4. The number of hydrogen-bond acceptors (Lipinski definition) is 7. The molecule has 0 aliphatic heterocycles. The summed E-state index contributed by atoms with van der Waals surface area (Å²) in [4.78, 5) is 27.5. The third-order valence-electron chi connectivity index (χ3n) is 14.4. The summed E-state index contributed by atoms with van der Waals surface area (Å²) in [6.07, 6.45) is 7.26. The molecule has 12 nitrogen and oxygen atoms in total. The Morgan fingerprint density at radius 3 is 0.978 bits per heavy atom. The Bertz CT molecular complexity index is 4560. The summed E-state index contributed by atoms with van der Waals surface area (Å²) in [6, 6.07) is 85.0. The molecular weight excluding hydrogens is 1630 g/mol. The fourth-order valence-corrected chi connectivity index (χ4v) is 11.1. The SMILES string of the molecule is CC(=O)O.[Cl][Pt]([Cl])([Cl])[Cl].[K][K].[Pt+2].[c-]1c(Oc2[c-]c3c(cc2)c2ccccc2n3-c2ccccn2)ccc2c3ccccc3n(-c3ccccn3)c12.c1ccc(-n2c3ccccc3c3ccc(Oc4ccc5c6ccccc6n(-c6ccccn6)c5c4)cc32)nc1. The van der Waals surface area contributed by atoms with Crippen LogP contribution in [-0.2, 0) is 37.8 Å². The predicted molar refractivity (Wildman–Crippen MR) is 360 cm³/mol. The first kappa shape index (κ1) is 65.9. The zero-order valence-corrected chi connectivity index (χ0v) is 62.0. The number of nitrogens with zero attached hydrogens (tertiary/aromatic N) is 8. The number of benzene rings is 8. The van der Waals surface area contributed by atoms with Crippen LogP contribution in [0.5, 0.6) is 23.0 Å². The minimum atomic E-state index is -3.06. The molecule has 8 heterocycles. The number of ether oxygens (including phenoxy) is 2. The topological polar surface area (TPSA) is 127 Å². The zero-order valence-electron chi connectivity index (χ0n) is 48.1. The normalized spacial score (nSPS) is 11.3. The number of aliphatic carboxylic acids is 1. The van der Waals surface area contributed by atoms with Crippen LogP contribution in [0.2, 0.25) is 0 Å². The Balaban J connectivity index is 0.000000158. The quantitative estimate of drug-likeness (QED) is 0.118. The van der Waals surface area contributed by atoms with Crippen LogP contribution in [0.3, 0.4) is 0 Å². The first-order valence-electron chi connectivity index (χ1n) is 28.1. The van der Waals surface area contributed by atoms with Gasteiger partial charge in [0, 0.05) is 87.9 Å². The molecule has 0 amide bonds. The van der Waals surface area contributed by atoms with Gasteiger partial charge in [-0.15, -0.1) is 35.0 Å². The minimum Gasteiger partial charge on any atom is -0.509 e. The van der Waals surface area contributed by atoms with Crippen molar-refractivity contribution in [1.29, 1.82) is 0 Å². The summed E-state index contributed by atoms with van der Waals surface area (Å²) in [5, 5.41) is 16.6. The number of carboxylic acid groups (broad SMARTS) is 1. The van der Waals surface area contributed by atoms with Gasteiger partial charge in [-0.1, -0.05) is 108 Å². The van der Waals surface area contributed by atoms with Crippen LogP contribution >= 0.6 is 37.7 Å². The van der Waals surface area contributed by atoms with E-state index in [0.717, 1.165) is 118 Å². The Labute approximate surface area is 595 Å². The summed E-state index contributed by atoms with van der Waals surface area (Å²) < 4.78 is 21.5. The van der Waals surface area contributed by atoms with Crippen molar-refractivity contribution in [2.45, 2.75) is 6.92 Å². The van der Waals surface area contributed by atoms with Gasteiger partial charge in [0.05, 0.1) is 22.1 Å². The Morgan fingerprint density at radius 1 is 0.389 bits per heavy atom. The number of halogens is 4. The molecule has 0 aliphatic carbocycles. The molecular formula is C70H46Cl4K2N8O4Pt2. The van der Waals surface area contributed by atoms with Crippen molar-refractivity contribution in [1.82, 2.24) is 38.2 Å². The zero-order chi connectivity index (χ0) is 61.6. The molecule has 0 aliphatic rings. The van der Waals surface area contributed by atoms with Crippen molar-refractivity contribution in [2.24, 2.45) is 0 Å². The molecule has 0 saturated heterocycles. The van der Waals surface area contributed by atoms with Crippen molar-refractivity contribution < 1.29 is 52.3 Å². The summed E-state index contributed by atoms with van der Waals surface area (Å²) >= 11 is -0.556. The molecule has 0 saturated carbocycles. The van der Waals surface area contributed by atoms with E-state index in [2.05, 4.69) is 172 Å². The summed E-state index contributed by atoms with van der Waals surface area (Å²) in [5.41, 5.74) is 8.31. The standard InChI is InChI=1S/C34H22N4O.C34H20N4O.C2H4O2.4ClH.2K.2Pt/c2*1-3-11-29-25(9-1)27-17-15-23(21-31(27)37(29)33-13-5-7-19-35-33)39-24-16-18-28-26-10-2-4-12-30(26)38(32(28)22-24)34-14-6-8-20-36-34;1-2(3)4;;;;;;;;/h1-22H;1-20H;1H3,(H,3,4);4*1H;;;;/q;-2;;;;;;;;+2;+4/p-4. The van der Waals surface area contributed by atoms with E-state index in [-0.39, 0.29) is 21.1 Å². The van der Waals surface area contributed by atoms with Crippen molar-refractivity contribution >= 4 is 194 Å². The Morgan fingerprint density at radius 2 is 0.656 bits per heavy atom. The largest absolute Gasteiger partial charge is 2.00 e. The van der Waals surface area contributed by atoms with Gasteiger partial charge in [0.15, 0.2) is 0 Å². The monoisotopic (exact) mass is 1670 g/mol. The van der Waals surface area contributed by atoms with E-state index in [1.54, 1.807) is 12.4 Å². The van der Waals surface area contributed by atoms with E-state index in [4.69, 9.17) is 57.0 Å². The minimum absolute atomic E-state index is 0. The molecule has 8 aromatic carbocycles. The molecule has 0 bridgehead atoms. The molecule has 0 radical (unpaired) electrons. The van der Waals surface area contributed by atoms with Gasteiger partial charge in [0.25, 0.3) is 5.97 Å². The van der Waals surface area contributed by atoms with Crippen molar-refractivity contribution in [2.75, 3.05) is 0 Å². The maximum Gasteiger partial charge on any atom is 2.00 e. The molecule has 20 heteroatoms. The van der Waals surface area contributed by atoms with Crippen LogP contribution in [0.15, 0.2) is 255 Å². The molecule has 0 fully saturated rings. The second-order valence-electron chi connectivity index (χ2n) is 19.7. The summed E-state index contributed by atoms with van der Waals surface area (Å²) in [7, 11) is 20.0. The van der Waals surface area contributed by atoms with Crippen molar-refractivity contribution in [3.63, 3.8) is 0 Å². The van der Waals surface area contributed by atoms with Gasteiger partial charge >= 0.3 is 134 Å². The van der Waals surface area contributed by atoms with Gasteiger partial charge in [-0.2, -0.15) is 12.1 Å². The van der Waals surface area contributed by atoms with E-state index in [1.165, 1.54) is 73.9 Å². The number of carboxylic acids is 1. The number of pyridine rings is 4. The average molecular weight is 1670 g/mol. The van der Waals surface area contributed by atoms with Crippen molar-refractivity contribution in [3.8, 4) is 46.3 Å². The molecule has 90 heavy (non-hydrogen) atoms. The fraction of sp³-hybridized carbons (Fsp3) is 0.0143. The number of fused-ring (bicyclic) bond motifs is 12. The van der Waals surface area contributed by atoms with Gasteiger partial charge < -0.3 is 23.7 Å². The van der Waals surface area contributed by atoms with Gasteiger partial charge in [0.1, 0.15) is 34.8 Å². The maximum absolute atomic E-state index is 9.00. The smallest absolute Gasteiger partial charge is 0.509 e. The number of rotatable bonds is 8. The Hall–Kier alpha value is -5.56. The second kappa shape index (κ2) is 30.0. The molecule has 8 aromatic heterocycles. The molecule has 16 rings (SSSR count). The molecule has 0 unspecified atom stereocenters. The van der Waals surface area contributed by atoms with Crippen molar-refractivity contribution in [3.05, 3.63) is 267 Å². The summed E-state index contributed by atoms with van der Waals surface area (Å²) in [5.74, 6) is 5.35. The van der Waals surface area contributed by atoms with Crippen LogP contribution in [-0.4, -0.2) is 112 Å².